The van der Waals surface area contributed by atoms with Crippen LogP contribution in [0.1, 0.15) is 0 Å². The Morgan fingerprint density at radius 1 is 1.44 bits per heavy atom. The van der Waals surface area contributed by atoms with Crippen LogP contribution in [0.3, 0.4) is 0 Å². The molecule has 4 nitrogen and oxygen atoms in total. The summed E-state index contributed by atoms with van der Waals surface area (Å²) in [6, 6.07) is 0. The van der Waals surface area contributed by atoms with Crippen LogP contribution in [0.2, 0.25) is 0 Å². The van der Waals surface area contributed by atoms with Gasteiger partial charge in [0.25, 0.3) is 0 Å². The van der Waals surface area contributed by atoms with Gasteiger partial charge in [-0.1, -0.05) is 0 Å². The SMILES string of the molecule is CNC(=O)/C=C/C(N)=O. The first kappa shape index (κ1) is 7.68. The predicted octanol–water partition coefficient (Wildman–Crippen LogP) is -1.23. The van der Waals surface area contributed by atoms with Crippen molar-refractivity contribution in [3.63, 3.8) is 0 Å². The van der Waals surface area contributed by atoms with Gasteiger partial charge in [-0.25, -0.2) is 0 Å². The number of carbonyl (C=O) groups excluding carboxylic acids is 2. The second kappa shape index (κ2) is 3.65. The van der Waals surface area contributed by atoms with Gasteiger partial charge in [0.2, 0.25) is 11.8 Å². The Bertz CT molecular complexity index is 151. The number of carbonyl (C=O) groups is 2. The van der Waals surface area contributed by atoms with Crippen molar-refractivity contribution < 1.29 is 9.59 Å². The van der Waals surface area contributed by atoms with Crippen molar-refractivity contribution in [2.24, 2.45) is 5.73 Å². The zero-order chi connectivity index (χ0) is 7.28. The van der Waals surface area contributed by atoms with Gasteiger partial charge in [0.15, 0.2) is 0 Å². The molecule has 0 radical (unpaired) electrons. The summed E-state index contributed by atoms with van der Waals surface area (Å²) in [5.41, 5.74) is 4.69. The lowest BCUT2D eigenvalue weighted by molar-refractivity contribution is -0.117. The number of hydrogen-bond donors (Lipinski definition) is 2. The van der Waals surface area contributed by atoms with Crippen molar-refractivity contribution in [1.29, 1.82) is 0 Å². The molecule has 0 spiro atoms. The molecule has 0 bridgehead atoms. The molecule has 4 heteroatoms. The Morgan fingerprint density at radius 3 is 2.33 bits per heavy atom. The van der Waals surface area contributed by atoms with Crippen molar-refractivity contribution in [3.8, 4) is 0 Å². The number of nitrogens with two attached hydrogens (primary N) is 1. The second-order valence-corrected chi connectivity index (χ2v) is 1.35. The third-order valence-electron chi connectivity index (χ3n) is 0.645. The summed E-state index contributed by atoms with van der Waals surface area (Å²) < 4.78 is 0. The molecule has 0 aromatic carbocycles. The molecular formula is C5H8N2O2. The molecule has 3 N–H and O–H groups in total. The molecule has 0 saturated carbocycles. The average molecular weight is 128 g/mol. The Labute approximate surface area is 52.7 Å². The topological polar surface area (TPSA) is 72.2 Å². The smallest absolute Gasteiger partial charge is 0.243 e. The summed E-state index contributed by atoms with van der Waals surface area (Å²) in [4.78, 5) is 20.3. The van der Waals surface area contributed by atoms with Gasteiger partial charge in [-0.3, -0.25) is 9.59 Å². The first-order valence-electron chi connectivity index (χ1n) is 2.36. The molecule has 0 unspecified atom stereocenters. The molecule has 50 valence electrons. The fourth-order valence-electron chi connectivity index (χ4n) is 0.241. The van der Waals surface area contributed by atoms with Gasteiger partial charge < -0.3 is 11.1 Å². The summed E-state index contributed by atoms with van der Waals surface area (Å²) in [7, 11) is 1.47. The molecule has 0 saturated heterocycles. The molecule has 0 aliphatic heterocycles. The van der Waals surface area contributed by atoms with Crippen LogP contribution in [-0.4, -0.2) is 18.9 Å². The monoisotopic (exact) mass is 128 g/mol. The van der Waals surface area contributed by atoms with Gasteiger partial charge in [0, 0.05) is 19.2 Å². The van der Waals surface area contributed by atoms with E-state index in [1.54, 1.807) is 0 Å². The largest absolute Gasteiger partial charge is 0.366 e. The third-order valence-corrected chi connectivity index (χ3v) is 0.645. The maximum atomic E-state index is 10.3. The lowest BCUT2D eigenvalue weighted by Crippen LogP contribution is -2.15. The standard InChI is InChI=1S/C5H8N2O2/c1-7-5(9)3-2-4(6)8/h2-3H,1H3,(H2,6,8)(H,7,9)/b3-2+. The molecule has 0 aliphatic rings. The number of primary amides is 1. The number of hydrogen-bond acceptors (Lipinski definition) is 2. The lowest BCUT2D eigenvalue weighted by Gasteiger charge is -1.85. The van der Waals surface area contributed by atoms with Crippen LogP contribution in [0.15, 0.2) is 12.2 Å². The fraction of sp³-hybridized carbons (Fsp3) is 0.200. The van der Waals surface area contributed by atoms with Crippen molar-refractivity contribution in [2.45, 2.75) is 0 Å². The van der Waals surface area contributed by atoms with Crippen molar-refractivity contribution in [1.82, 2.24) is 5.32 Å². The van der Waals surface area contributed by atoms with Gasteiger partial charge in [-0.05, 0) is 0 Å². The zero-order valence-electron chi connectivity index (χ0n) is 5.05. The van der Waals surface area contributed by atoms with Gasteiger partial charge in [0.1, 0.15) is 0 Å². The van der Waals surface area contributed by atoms with E-state index in [0.29, 0.717) is 0 Å². The normalized spacial score (nSPS) is 9.44. The molecule has 2 amide bonds. The van der Waals surface area contributed by atoms with Crippen molar-refractivity contribution >= 4 is 11.8 Å². The van der Waals surface area contributed by atoms with E-state index in [9.17, 15) is 9.59 Å². The van der Waals surface area contributed by atoms with Gasteiger partial charge in [-0.2, -0.15) is 0 Å². The van der Waals surface area contributed by atoms with E-state index >= 15 is 0 Å². The molecule has 0 atom stereocenters. The maximum absolute atomic E-state index is 10.3. The highest BCUT2D eigenvalue weighted by Gasteiger charge is 1.88. The summed E-state index contributed by atoms with van der Waals surface area (Å²) in [6.45, 7) is 0. The molecule has 0 rings (SSSR count). The van der Waals surface area contributed by atoms with E-state index in [4.69, 9.17) is 0 Å². The number of nitrogens with one attached hydrogen (secondary N) is 1. The Kier molecular flexibility index (Phi) is 3.12. The highest BCUT2D eigenvalue weighted by atomic mass is 16.2. The summed E-state index contributed by atoms with van der Waals surface area (Å²) in [5.74, 6) is -0.965. The maximum Gasteiger partial charge on any atom is 0.243 e. The minimum atomic E-state index is -0.626. The minimum Gasteiger partial charge on any atom is -0.366 e. The Hall–Kier alpha value is -1.32. The van der Waals surface area contributed by atoms with Crippen LogP contribution in [0, 0.1) is 0 Å². The highest BCUT2D eigenvalue weighted by molar-refractivity contribution is 5.95. The van der Waals surface area contributed by atoms with Crippen LogP contribution in [0.4, 0.5) is 0 Å². The molecule has 9 heavy (non-hydrogen) atoms. The van der Waals surface area contributed by atoms with Crippen LogP contribution in [-0.2, 0) is 9.59 Å². The highest BCUT2D eigenvalue weighted by Crippen LogP contribution is 1.68. The van der Waals surface area contributed by atoms with Crippen LogP contribution >= 0.6 is 0 Å². The van der Waals surface area contributed by atoms with E-state index < -0.39 is 5.91 Å². The Balaban J connectivity index is 3.71. The van der Waals surface area contributed by atoms with Gasteiger partial charge >= 0.3 is 0 Å². The van der Waals surface area contributed by atoms with Crippen LogP contribution < -0.4 is 11.1 Å². The van der Waals surface area contributed by atoms with E-state index in [2.05, 4.69) is 11.1 Å². The number of rotatable bonds is 2. The van der Waals surface area contributed by atoms with Gasteiger partial charge in [-0.15, -0.1) is 0 Å². The molecule has 0 fully saturated rings. The zero-order valence-corrected chi connectivity index (χ0v) is 5.05. The lowest BCUT2D eigenvalue weighted by atomic mass is 10.4. The molecule has 0 aromatic rings. The molecule has 0 aromatic heterocycles. The van der Waals surface area contributed by atoms with E-state index in [1.807, 2.05) is 0 Å². The first-order valence-corrected chi connectivity index (χ1v) is 2.36. The van der Waals surface area contributed by atoms with Crippen LogP contribution in [0.5, 0.6) is 0 Å². The molecular weight excluding hydrogens is 120 g/mol. The fourth-order valence-corrected chi connectivity index (χ4v) is 0.241. The predicted molar refractivity (Wildman–Crippen MR) is 32.4 cm³/mol. The first-order chi connectivity index (χ1) is 4.16. The number of likely N-dealkylation sites (N-methyl/N-ethyl adjacent to an activating group) is 1. The molecule has 0 heterocycles. The third kappa shape index (κ3) is 4.53. The van der Waals surface area contributed by atoms with E-state index in [-0.39, 0.29) is 5.91 Å². The summed E-state index contributed by atoms with van der Waals surface area (Å²) in [5, 5.41) is 2.29. The minimum absolute atomic E-state index is 0.339. The van der Waals surface area contributed by atoms with Crippen molar-refractivity contribution in [3.05, 3.63) is 12.2 Å². The van der Waals surface area contributed by atoms with E-state index in [0.717, 1.165) is 12.2 Å². The van der Waals surface area contributed by atoms with Gasteiger partial charge in [0.05, 0.1) is 0 Å². The van der Waals surface area contributed by atoms with Crippen molar-refractivity contribution in [2.75, 3.05) is 7.05 Å². The number of amides is 2. The Morgan fingerprint density at radius 2 is 2.00 bits per heavy atom. The quantitative estimate of drug-likeness (QED) is 0.457. The summed E-state index contributed by atoms with van der Waals surface area (Å²) >= 11 is 0. The summed E-state index contributed by atoms with van der Waals surface area (Å²) in [6.07, 6.45) is 2.07. The van der Waals surface area contributed by atoms with E-state index in [1.165, 1.54) is 7.05 Å². The van der Waals surface area contributed by atoms with Crippen LogP contribution in [0.25, 0.3) is 0 Å². The average Bonchev–Trinajstić information content (AvgIpc) is 1.83. The second-order valence-electron chi connectivity index (χ2n) is 1.35. The molecule has 0 aliphatic carbocycles.